The van der Waals surface area contributed by atoms with Crippen molar-refractivity contribution < 1.29 is 4.79 Å². The summed E-state index contributed by atoms with van der Waals surface area (Å²) in [6, 6.07) is 20.9. The second-order valence-electron chi connectivity index (χ2n) is 6.04. The zero-order chi connectivity index (χ0) is 15.1. The molecule has 1 heteroatoms. The molecule has 0 bridgehead atoms. The Labute approximate surface area is 130 Å². The van der Waals surface area contributed by atoms with Gasteiger partial charge < -0.3 is 0 Å². The van der Waals surface area contributed by atoms with Gasteiger partial charge in [0, 0.05) is 5.56 Å². The molecular weight excluding hydrogens is 268 g/mol. The van der Waals surface area contributed by atoms with E-state index in [-0.39, 0.29) is 11.7 Å². The Hall–Kier alpha value is -2.41. The minimum absolute atomic E-state index is 0.0335. The first-order chi connectivity index (χ1) is 10.8. The number of hydrogen-bond donors (Lipinski definition) is 0. The molecule has 22 heavy (non-hydrogen) atoms. The van der Waals surface area contributed by atoms with Crippen molar-refractivity contribution in [2.45, 2.75) is 25.7 Å². The first kappa shape index (κ1) is 13.3. The summed E-state index contributed by atoms with van der Waals surface area (Å²) in [7, 11) is 0. The van der Waals surface area contributed by atoms with Crippen molar-refractivity contribution in [1.29, 1.82) is 0 Å². The first-order valence-corrected chi connectivity index (χ1v) is 7.91. The molecule has 3 aromatic carbocycles. The standard InChI is InChI=1S/C21H18O/c1-2-14-11-15-7-3-5-9-17(15)19(12-14)20-13-16-8-4-6-10-18(16)21(20)22/h3-12,20H,2,13H2,1H3. The Bertz CT molecular complexity index is 876. The van der Waals surface area contributed by atoms with E-state index in [0.717, 1.165) is 18.4 Å². The summed E-state index contributed by atoms with van der Waals surface area (Å²) in [5, 5.41) is 2.45. The molecule has 0 radical (unpaired) electrons. The monoisotopic (exact) mass is 286 g/mol. The molecule has 0 aromatic heterocycles. The van der Waals surface area contributed by atoms with E-state index in [1.807, 2.05) is 18.2 Å². The molecule has 0 spiro atoms. The largest absolute Gasteiger partial charge is 0.293 e. The molecule has 0 aliphatic heterocycles. The van der Waals surface area contributed by atoms with E-state index < -0.39 is 0 Å². The summed E-state index contributed by atoms with van der Waals surface area (Å²) < 4.78 is 0. The van der Waals surface area contributed by atoms with Gasteiger partial charge in [-0.15, -0.1) is 0 Å². The Balaban J connectivity index is 1.90. The highest BCUT2D eigenvalue weighted by Crippen LogP contribution is 2.37. The Morgan fingerprint density at radius 2 is 1.77 bits per heavy atom. The Morgan fingerprint density at radius 1 is 1.00 bits per heavy atom. The molecule has 108 valence electrons. The molecule has 3 aromatic rings. The van der Waals surface area contributed by atoms with Gasteiger partial charge >= 0.3 is 0 Å². The summed E-state index contributed by atoms with van der Waals surface area (Å²) in [6.45, 7) is 2.17. The van der Waals surface area contributed by atoms with Crippen molar-refractivity contribution in [3.05, 3.63) is 82.9 Å². The van der Waals surface area contributed by atoms with Gasteiger partial charge in [0.25, 0.3) is 0 Å². The van der Waals surface area contributed by atoms with E-state index in [1.54, 1.807) is 0 Å². The minimum Gasteiger partial charge on any atom is -0.293 e. The smallest absolute Gasteiger partial charge is 0.170 e. The Morgan fingerprint density at radius 3 is 2.59 bits per heavy atom. The molecule has 1 atom stereocenters. The van der Waals surface area contributed by atoms with Crippen LogP contribution in [0.25, 0.3) is 10.8 Å². The van der Waals surface area contributed by atoms with Gasteiger partial charge in [0.1, 0.15) is 0 Å². The lowest BCUT2D eigenvalue weighted by atomic mass is 9.88. The highest BCUT2D eigenvalue weighted by Gasteiger charge is 2.32. The van der Waals surface area contributed by atoms with Crippen LogP contribution in [0.1, 0.15) is 39.9 Å². The molecule has 0 amide bonds. The third kappa shape index (κ3) is 1.97. The molecule has 0 saturated carbocycles. The number of carbonyl (C=O) groups is 1. The van der Waals surface area contributed by atoms with Gasteiger partial charge in [0.2, 0.25) is 0 Å². The zero-order valence-electron chi connectivity index (χ0n) is 12.7. The van der Waals surface area contributed by atoms with Crippen LogP contribution >= 0.6 is 0 Å². The van der Waals surface area contributed by atoms with Crippen LogP contribution in [0.15, 0.2) is 60.7 Å². The number of hydrogen-bond acceptors (Lipinski definition) is 1. The van der Waals surface area contributed by atoms with Gasteiger partial charge in [0.05, 0.1) is 5.92 Å². The molecular formula is C21H18O. The SMILES string of the molecule is CCc1cc(C2Cc3ccccc3C2=O)c2ccccc2c1. The molecule has 0 fully saturated rings. The average molecular weight is 286 g/mol. The maximum atomic E-state index is 12.8. The third-order valence-corrected chi connectivity index (χ3v) is 4.76. The van der Waals surface area contributed by atoms with Crippen LogP contribution in [-0.2, 0) is 12.8 Å². The number of benzene rings is 3. The number of carbonyl (C=O) groups excluding carboxylic acids is 1. The van der Waals surface area contributed by atoms with Crippen LogP contribution in [0.2, 0.25) is 0 Å². The maximum Gasteiger partial charge on any atom is 0.170 e. The van der Waals surface area contributed by atoms with Gasteiger partial charge in [-0.25, -0.2) is 0 Å². The Kier molecular flexibility index (Phi) is 3.07. The van der Waals surface area contributed by atoms with Crippen molar-refractivity contribution in [3.8, 4) is 0 Å². The van der Waals surface area contributed by atoms with Crippen LogP contribution in [0.5, 0.6) is 0 Å². The molecule has 1 unspecified atom stereocenters. The summed E-state index contributed by atoms with van der Waals surface area (Å²) in [6.07, 6.45) is 1.82. The van der Waals surface area contributed by atoms with E-state index in [1.165, 1.54) is 27.5 Å². The zero-order valence-corrected chi connectivity index (χ0v) is 12.7. The molecule has 1 aliphatic rings. The normalized spacial score (nSPS) is 17.0. The van der Waals surface area contributed by atoms with Gasteiger partial charge in [-0.05, 0) is 40.3 Å². The van der Waals surface area contributed by atoms with Gasteiger partial charge in [-0.3, -0.25) is 4.79 Å². The maximum absolute atomic E-state index is 12.8. The summed E-state index contributed by atoms with van der Waals surface area (Å²) in [5.41, 5.74) is 4.58. The lowest BCUT2D eigenvalue weighted by molar-refractivity contribution is 0.0973. The first-order valence-electron chi connectivity index (χ1n) is 7.91. The van der Waals surface area contributed by atoms with E-state index in [4.69, 9.17) is 0 Å². The second-order valence-corrected chi connectivity index (χ2v) is 6.04. The van der Waals surface area contributed by atoms with Crippen LogP contribution in [0.4, 0.5) is 0 Å². The average Bonchev–Trinajstić information content (AvgIpc) is 2.91. The quantitative estimate of drug-likeness (QED) is 0.653. The number of Topliss-reactive ketones (excluding diaryl/α,β-unsaturated/α-hetero) is 1. The number of ketones is 1. The molecule has 0 N–H and O–H groups in total. The predicted octanol–water partition coefficient (Wildman–Crippen LogP) is 4.92. The molecule has 0 saturated heterocycles. The number of rotatable bonds is 2. The summed E-state index contributed by atoms with van der Waals surface area (Å²) >= 11 is 0. The van der Waals surface area contributed by atoms with Gasteiger partial charge in [0.15, 0.2) is 5.78 Å². The fourth-order valence-electron chi connectivity index (χ4n) is 3.59. The topological polar surface area (TPSA) is 17.1 Å². The van der Waals surface area contributed by atoms with Crippen molar-refractivity contribution in [2.75, 3.05) is 0 Å². The molecule has 4 rings (SSSR count). The second kappa shape index (κ2) is 5.10. The van der Waals surface area contributed by atoms with E-state index in [0.29, 0.717) is 0 Å². The third-order valence-electron chi connectivity index (χ3n) is 4.76. The summed E-state index contributed by atoms with van der Waals surface area (Å²) in [5.74, 6) is 0.239. The molecule has 0 heterocycles. The minimum atomic E-state index is -0.0335. The predicted molar refractivity (Wildman–Crippen MR) is 90.5 cm³/mol. The van der Waals surface area contributed by atoms with E-state index >= 15 is 0 Å². The van der Waals surface area contributed by atoms with Gasteiger partial charge in [-0.2, -0.15) is 0 Å². The lowest BCUT2D eigenvalue weighted by Gasteiger charge is -2.14. The fourth-order valence-corrected chi connectivity index (χ4v) is 3.59. The van der Waals surface area contributed by atoms with Crippen LogP contribution in [0, 0.1) is 0 Å². The van der Waals surface area contributed by atoms with Crippen molar-refractivity contribution in [2.24, 2.45) is 0 Å². The van der Waals surface area contributed by atoms with Crippen LogP contribution in [0.3, 0.4) is 0 Å². The summed E-state index contributed by atoms with van der Waals surface area (Å²) in [4.78, 5) is 12.8. The number of aryl methyl sites for hydroxylation is 1. The van der Waals surface area contributed by atoms with Crippen molar-refractivity contribution in [1.82, 2.24) is 0 Å². The highest BCUT2D eigenvalue weighted by atomic mass is 16.1. The van der Waals surface area contributed by atoms with Crippen molar-refractivity contribution >= 4 is 16.6 Å². The molecule has 1 nitrogen and oxygen atoms in total. The van der Waals surface area contributed by atoms with Crippen LogP contribution in [-0.4, -0.2) is 5.78 Å². The number of fused-ring (bicyclic) bond motifs is 2. The molecule has 1 aliphatic carbocycles. The highest BCUT2D eigenvalue weighted by molar-refractivity contribution is 6.07. The van der Waals surface area contributed by atoms with E-state index in [9.17, 15) is 4.79 Å². The van der Waals surface area contributed by atoms with Crippen molar-refractivity contribution in [3.63, 3.8) is 0 Å². The van der Waals surface area contributed by atoms with Gasteiger partial charge in [-0.1, -0.05) is 67.6 Å². The lowest BCUT2D eigenvalue weighted by Crippen LogP contribution is -2.08. The van der Waals surface area contributed by atoms with Crippen LogP contribution < -0.4 is 0 Å². The van der Waals surface area contributed by atoms with E-state index in [2.05, 4.69) is 49.4 Å². The fraction of sp³-hybridized carbons (Fsp3) is 0.190.